The first kappa shape index (κ1) is 10.7. The molecule has 1 N–H and O–H groups in total. The van der Waals surface area contributed by atoms with Crippen molar-refractivity contribution in [1.82, 2.24) is 4.98 Å². The monoisotopic (exact) mass is 212 g/mol. The highest BCUT2D eigenvalue weighted by molar-refractivity contribution is 5.37. The molecular weight excluding hydrogens is 196 g/mol. The average molecular weight is 212 g/mol. The zero-order chi connectivity index (χ0) is 11.2. The van der Waals surface area contributed by atoms with E-state index in [0.717, 1.165) is 18.8 Å². The van der Waals surface area contributed by atoms with Crippen molar-refractivity contribution in [2.75, 3.05) is 11.9 Å². The van der Waals surface area contributed by atoms with E-state index in [4.69, 9.17) is 0 Å². The maximum atomic E-state index is 4.26. The van der Waals surface area contributed by atoms with E-state index < -0.39 is 0 Å². The van der Waals surface area contributed by atoms with Crippen molar-refractivity contribution in [3.05, 3.63) is 59.8 Å². The fourth-order valence-electron chi connectivity index (χ4n) is 1.61. The molecular formula is C14H16N2. The molecule has 0 saturated carbocycles. The summed E-state index contributed by atoms with van der Waals surface area (Å²) in [5, 5.41) is 3.32. The number of pyridine rings is 1. The molecule has 1 aromatic carbocycles. The molecule has 2 nitrogen and oxygen atoms in total. The minimum absolute atomic E-state index is 0.917. The summed E-state index contributed by atoms with van der Waals surface area (Å²) >= 11 is 0. The van der Waals surface area contributed by atoms with Crippen LogP contribution in [0.4, 0.5) is 5.82 Å². The van der Waals surface area contributed by atoms with Crippen molar-refractivity contribution in [3.63, 3.8) is 0 Å². The van der Waals surface area contributed by atoms with Gasteiger partial charge in [-0.25, -0.2) is 4.98 Å². The first-order chi connectivity index (χ1) is 7.84. The van der Waals surface area contributed by atoms with E-state index in [-0.39, 0.29) is 0 Å². The zero-order valence-corrected chi connectivity index (χ0v) is 9.48. The molecule has 2 aromatic rings. The predicted molar refractivity (Wildman–Crippen MR) is 67.6 cm³/mol. The fourth-order valence-corrected chi connectivity index (χ4v) is 1.61. The lowest BCUT2D eigenvalue weighted by Crippen LogP contribution is -2.06. The Hall–Kier alpha value is -1.83. The van der Waals surface area contributed by atoms with Crippen LogP contribution in [0, 0.1) is 6.92 Å². The van der Waals surface area contributed by atoms with Crippen molar-refractivity contribution in [1.29, 1.82) is 0 Å². The molecule has 0 aliphatic rings. The van der Waals surface area contributed by atoms with Crippen LogP contribution in [0.1, 0.15) is 11.1 Å². The topological polar surface area (TPSA) is 24.9 Å². The van der Waals surface area contributed by atoms with Gasteiger partial charge in [0.25, 0.3) is 0 Å². The van der Waals surface area contributed by atoms with Crippen LogP contribution in [-0.4, -0.2) is 11.5 Å². The second-order valence-corrected chi connectivity index (χ2v) is 3.88. The van der Waals surface area contributed by atoms with Crippen LogP contribution in [-0.2, 0) is 6.42 Å². The van der Waals surface area contributed by atoms with Gasteiger partial charge in [-0.3, -0.25) is 0 Å². The van der Waals surface area contributed by atoms with E-state index in [9.17, 15) is 0 Å². The number of aryl methyl sites for hydroxylation is 1. The van der Waals surface area contributed by atoms with Crippen molar-refractivity contribution in [2.45, 2.75) is 13.3 Å². The van der Waals surface area contributed by atoms with Gasteiger partial charge in [0.1, 0.15) is 5.82 Å². The molecule has 0 unspecified atom stereocenters. The highest BCUT2D eigenvalue weighted by atomic mass is 15.0. The highest BCUT2D eigenvalue weighted by Gasteiger charge is 1.94. The second kappa shape index (κ2) is 5.31. The summed E-state index contributed by atoms with van der Waals surface area (Å²) in [5.41, 5.74) is 2.58. The maximum Gasteiger partial charge on any atom is 0.126 e. The molecule has 2 rings (SSSR count). The Kier molecular flexibility index (Phi) is 3.54. The van der Waals surface area contributed by atoms with E-state index >= 15 is 0 Å². The molecule has 0 spiro atoms. The van der Waals surface area contributed by atoms with E-state index in [0.29, 0.717) is 0 Å². The molecule has 0 fully saturated rings. The minimum Gasteiger partial charge on any atom is -0.370 e. The molecule has 2 heteroatoms. The van der Waals surface area contributed by atoms with Gasteiger partial charge in [-0.15, -0.1) is 0 Å². The Bertz CT molecular complexity index is 437. The summed E-state index contributed by atoms with van der Waals surface area (Å²) in [5.74, 6) is 0.955. The Labute approximate surface area is 96.4 Å². The van der Waals surface area contributed by atoms with Crippen LogP contribution in [0.5, 0.6) is 0 Å². The van der Waals surface area contributed by atoms with Crippen molar-refractivity contribution >= 4 is 5.82 Å². The van der Waals surface area contributed by atoms with Crippen LogP contribution in [0.15, 0.2) is 48.7 Å². The second-order valence-electron chi connectivity index (χ2n) is 3.88. The number of benzene rings is 1. The summed E-state index contributed by atoms with van der Waals surface area (Å²) in [7, 11) is 0. The van der Waals surface area contributed by atoms with Gasteiger partial charge in [-0.1, -0.05) is 30.3 Å². The van der Waals surface area contributed by atoms with E-state index in [1.54, 1.807) is 0 Å². The molecule has 16 heavy (non-hydrogen) atoms. The fraction of sp³-hybridized carbons (Fsp3) is 0.214. The highest BCUT2D eigenvalue weighted by Crippen LogP contribution is 2.06. The third-order valence-electron chi connectivity index (χ3n) is 2.48. The third kappa shape index (κ3) is 3.09. The molecule has 1 heterocycles. The third-order valence-corrected chi connectivity index (χ3v) is 2.48. The van der Waals surface area contributed by atoms with Crippen molar-refractivity contribution < 1.29 is 0 Å². The van der Waals surface area contributed by atoms with Crippen molar-refractivity contribution in [3.8, 4) is 0 Å². The number of rotatable bonds is 4. The lowest BCUT2D eigenvalue weighted by atomic mass is 10.1. The van der Waals surface area contributed by atoms with Crippen LogP contribution >= 0.6 is 0 Å². The SMILES string of the molecule is Cc1ccnc(NCCc2ccccc2)c1. The van der Waals surface area contributed by atoms with Gasteiger partial charge in [0, 0.05) is 12.7 Å². The van der Waals surface area contributed by atoms with Gasteiger partial charge in [-0.2, -0.15) is 0 Å². The Morgan fingerprint density at radius 2 is 1.94 bits per heavy atom. The predicted octanol–water partition coefficient (Wildman–Crippen LogP) is 3.04. The summed E-state index contributed by atoms with van der Waals surface area (Å²) in [6.45, 7) is 2.99. The summed E-state index contributed by atoms with van der Waals surface area (Å²) < 4.78 is 0. The van der Waals surface area contributed by atoms with E-state index in [1.807, 2.05) is 18.3 Å². The first-order valence-electron chi connectivity index (χ1n) is 5.55. The molecule has 1 aromatic heterocycles. The zero-order valence-electron chi connectivity index (χ0n) is 9.48. The van der Waals surface area contributed by atoms with Gasteiger partial charge >= 0.3 is 0 Å². The van der Waals surface area contributed by atoms with E-state index in [1.165, 1.54) is 11.1 Å². The van der Waals surface area contributed by atoms with Gasteiger partial charge < -0.3 is 5.32 Å². The van der Waals surface area contributed by atoms with Gasteiger partial charge in [0.2, 0.25) is 0 Å². The molecule has 82 valence electrons. The summed E-state index contributed by atoms with van der Waals surface area (Å²) in [6.07, 6.45) is 2.86. The van der Waals surface area contributed by atoms with Crippen molar-refractivity contribution in [2.24, 2.45) is 0 Å². The molecule has 0 radical (unpaired) electrons. The molecule has 0 aliphatic carbocycles. The van der Waals surface area contributed by atoms with Crippen LogP contribution in [0.3, 0.4) is 0 Å². The van der Waals surface area contributed by atoms with Gasteiger partial charge in [0.15, 0.2) is 0 Å². The maximum absolute atomic E-state index is 4.26. The Morgan fingerprint density at radius 3 is 2.69 bits per heavy atom. The minimum atomic E-state index is 0.917. The van der Waals surface area contributed by atoms with Crippen LogP contribution in [0.2, 0.25) is 0 Å². The summed E-state index contributed by atoms with van der Waals surface area (Å²) in [6, 6.07) is 14.5. The smallest absolute Gasteiger partial charge is 0.126 e. The Morgan fingerprint density at radius 1 is 1.12 bits per heavy atom. The molecule has 0 amide bonds. The number of hydrogen-bond donors (Lipinski definition) is 1. The summed E-state index contributed by atoms with van der Waals surface area (Å²) in [4.78, 5) is 4.26. The quantitative estimate of drug-likeness (QED) is 0.842. The van der Waals surface area contributed by atoms with Gasteiger partial charge in [-0.05, 0) is 36.6 Å². The first-order valence-corrected chi connectivity index (χ1v) is 5.55. The molecule has 0 atom stereocenters. The van der Waals surface area contributed by atoms with Crippen LogP contribution in [0.25, 0.3) is 0 Å². The molecule has 0 saturated heterocycles. The molecule has 0 aliphatic heterocycles. The number of nitrogens with one attached hydrogen (secondary N) is 1. The normalized spacial score (nSPS) is 10.1. The lowest BCUT2D eigenvalue weighted by Gasteiger charge is -2.05. The van der Waals surface area contributed by atoms with Gasteiger partial charge in [0.05, 0.1) is 0 Å². The molecule has 0 bridgehead atoms. The largest absolute Gasteiger partial charge is 0.370 e. The lowest BCUT2D eigenvalue weighted by molar-refractivity contribution is 1.01. The Balaban J connectivity index is 1.85. The number of nitrogens with zero attached hydrogens (tertiary/aromatic N) is 1. The number of anilines is 1. The number of aromatic nitrogens is 1. The average Bonchev–Trinajstić information content (AvgIpc) is 2.30. The van der Waals surface area contributed by atoms with E-state index in [2.05, 4.69) is 47.6 Å². The standard InChI is InChI=1S/C14H16N2/c1-12-7-9-15-14(11-12)16-10-8-13-5-3-2-4-6-13/h2-7,9,11H,8,10H2,1H3,(H,15,16). The number of hydrogen-bond acceptors (Lipinski definition) is 2. The van der Waals surface area contributed by atoms with Crippen LogP contribution < -0.4 is 5.32 Å².